The van der Waals surface area contributed by atoms with E-state index in [1.807, 2.05) is 0 Å². The first-order valence-electron chi connectivity index (χ1n) is 8.82. The minimum atomic E-state index is -3.88. The van der Waals surface area contributed by atoms with E-state index < -0.39 is 15.9 Å². The van der Waals surface area contributed by atoms with Crippen molar-refractivity contribution in [1.29, 1.82) is 0 Å². The van der Waals surface area contributed by atoms with Crippen molar-refractivity contribution < 1.29 is 17.9 Å². The average Bonchev–Trinajstić information content (AvgIpc) is 2.71. The van der Waals surface area contributed by atoms with Gasteiger partial charge in [-0.25, -0.2) is 8.42 Å². The molecule has 1 aliphatic rings. The summed E-state index contributed by atoms with van der Waals surface area (Å²) < 4.78 is 32.8. The van der Waals surface area contributed by atoms with Gasteiger partial charge in [0.2, 0.25) is 15.9 Å². The van der Waals surface area contributed by atoms with Gasteiger partial charge in [-0.3, -0.25) is 4.79 Å². The van der Waals surface area contributed by atoms with Gasteiger partial charge in [0.1, 0.15) is 10.6 Å². The van der Waals surface area contributed by atoms with Crippen molar-refractivity contribution in [2.75, 3.05) is 25.5 Å². The average molecular weight is 478 g/mol. The highest BCUT2D eigenvalue weighted by molar-refractivity contribution is 7.89. The lowest BCUT2D eigenvalue weighted by Gasteiger charge is -2.31. The molecule has 0 aliphatic carbocycles. The lowest BCUT2D eigenvalue weighted by Crippen LogP contribution is -2.43. The Morgan fingerprint density at radius 2 is 1.97 bits per heavy atom. The first-order valence-corrected chi connectivity index (χ1v) is 11.4. The highest BCUT2D eigenvalue weighted by Crippen LogP contribution is 2.33. The number of ether oxygens (including phenoxy) is 1. The maximum absolute atomic E-state index is 13.2. The number of nitrogens with zero attached hydrogens (tertiary/aromatic N) is 1. The summed E-state index contributed by atoms with van der Waals surface area (Å²) in [6, 6.07) is 9.34. The predicted octanol–water partition coefficient (Wildman–Crippen LogP) is 4.69. The quantitative estimate of drug-likeness (QED) is 0.677. The fraction of sp³-hybridized carbons (Fsp3) is 0.316. The van der Waals surface area contributed by atoms with Gasteiger partial charge in [0.15, 0.2) is 0 Å². The molecule has 0 spiro atoms. The number of sulfonamides is 1. The number of hydrogen-bond donors (Lipinski definition) is 1. The van der Waals surface area contributed by atoms with Crippen LogP contribution in [0.3, 0.4) is 0 Å². The third kappa shape index (κ3) is 4.81. The molecule has 2 aromatic rings. The smallest absolute Gasteiger partial charge is 0.246 e. The van der Waals surface area contributed by atoms with Gasteiger partial charge in [-0.2, -0.15) is 4.31 Å². The Kier molecular flexibility index (Phi) is 6.96. The van der Waals surface area contributed by atoms with E-state index in [0.717, 1.165) is 0 Å². The zero-order valence-corrected chi connectivity index (χ0v) is 18.6. The zero-order valence-electron chi connectivity index (χ0n) is 15.5. The topological polar surface area (TPSA) is 75.7 Å². The molecule has 156 valence electrons. The Hall–Kier alpha value is -1.51. The lowest BCUT2D eigenvalue weighted by molar-refractivity contribution is -0.120. The highest BCUT2D eigenvalue weighted by Gasteiger charge is 2.35. The Morgan fingerprint density at radius 1 is 1.21 bits per heavy atom. The number of benzene rings is 2. The van der Waals surface area contributed by atoms with Crippen LogP contribution in [-0.2, 0) is 14.8 Å². The van der Waals surface area contributed by atoms with Crippen LogP contribution in [0.25, 0.3) is 0 Å². The van der Waals surface area contributed by atoms with Crippen LogP contribution >= 0.6 is 34.8 Å². The minimum Gasteiger partial charge on any atom is -0.495 e. The number of piperidine rings is 1. The van der Waals surface area contributed by atoms with Gasteiger partial charge in [-0.15, -0.1) is 0 Å². The van der Waals surface area contributed by atoms with Crippen molar-refractivity contribution in [2.24, 2.45) is 5.92 Å². The molecule has 1 N–H and O–H groups in total. The van der Waals surface area contributed by atoms with Crippen LogP contribution in [0.1, 0.15) is 12.8 Å². The van der Waals surface area contributed by atoms with Crippen LogP contribution in [0.2, 0.25) is 15.1 Å². The lowest BCUT2D eigenvalue weighted by atomic mass is 9.99. The van der Waals surface area contributed by atoms with Crippen molar-refractivity contribution in [3.63, 3.8) is 0 Å². The van der Waals surface area contributed by atoms with Gasteiger partial charge in [0, 0.05) is 18.1 Å². The normalized spacial score (nSPS) is 17.7. The summed E-state index contributed by atoms with van der Waals surface area (Å²) in [5, 5.41) is 3.59. The fourth-order valence-corrected chi connectivity index (χ4v) is 5.49. The van der Waals surface area contributed by atoms with Gasteiger partial charge >= 0.3 is 0 Å². The molecule has 0 saturated carbocycles. The molecule has 0 unspecified atom stereocenters. The highest BCUT2D eigenvalue weighted by atomic mass is 35.5. The molecule has 1 heterocycles. The summed E-state index contributed by atoms with van der Waals surface area (Å²) in [6.45, 7) is 0.349. The SMILES string of the molecule is COc1ccc(Cl)cc1S(=O)(=O)N1CCC[C@@H](C(=O)Nc2cccc(Cl)c2Cl)C1. The molecule has 0 radical (unpaired) electrons. The van der Waals surface area contributed by atoms with Crippen molar-refractivity contribution in [1.82, 2.24) is 4.31 Å². The number of anilines is 1. The van der Waals surface area contributed by atoms with Gasteiger partial charge < -0.3 is 10.1 Å². The third-order valence-electron chi connectivity index (χ3n) is 4.71. The summed E-state index contributed by atoms with van der Waals surface area (Å²) >= 11 is 18.1. The summed E-state index contributed by atoms with van der Waals surface area (Å²) in [5.41, 5.74) is 0.389. The number of methoxy groups -OCH3 is 1. The van der Waals surface area contributed by atoms with Crippen LogP contribution < -0.4 is 10.1 Å². The van der Waals surface area contributed by atoms with Crippen LogP contribution in [0, 0.1) is 5.92 Å². The zero-order chi connectivity index (χ0) is 21.2. The van der Waals surface area contributed by atoms with E-state index in [4.69, 9.17) is 39.5 Å². The molecule has 0 aromatic heterocycles. The largest absolute Gasteiger partial charge is 0.495 e. The van der Waals surface area contributed by atoms with E-state index in [1.54, 1.807) is 24.3 Å². The molecule has 0 bridgehead atoms. The number of halogens is 3. The second-order valence-electron chi connectivity index (χ2n) is 6.59. The molecule has 1 amide bonds. The van der Waals surface area contributed by atoms with Crippen LogP contribution in [-0.4, -0.2) is 38.8 Å². The molecular weight excluding hydrogens is 459 g/mol. The molecule has 6 nitrogen and oxygen atoms in total. The summed E-state index contributed by atoms with van der Waals surface area (Å²) in [7, 11) is -2.49. The van der Waals surface area contributed by atoms with Gasteiger partial charge in [0.25, 0.3) is 0 Å². The van der Waals surface area contributed by atoms with Crippen molar-refractivity contribution in [3.8, 4) is 5.75 Å². The second-order valence-corrected chi connectivity index (χ2v) is 9.72. The molecule has 1 aliphatic heterocycles. The molecule has 1 fully saturated rings. The maximum Gasteiger partial charge on any atom is 0.246 e. The van der Waals surface area contributed by atoms with E-state index >= 15 is 0 Å². The van der Waals surface area contributed by atoms with Gasteiger partial charge in [-0.1, -0.05) is 40.9 Å². The second kappa shape index (κ2) is 9.10. The van der Waals surface area contributed by atoms with Gasteiger partial charge in [0.05, 0.1) is 28.8 Å². The number of nitrogens with one attached hydrogen (secondary N) is 1. The molecule has 1 saturated heterocycles. The minimum absolute atomic E-state index is 0.0218. The molecule has 3 rings (SSSR count). The molecule has 1 atom stereocenters. The van der Waals surface area contributed by atoms with Gasteiger partial charge in [-0.05, 0) is 43.2 Å². The number of hydrogen-bond acceptors (Lipinski definition) is 4. The van der Waals surface area contributed by atoms with E-state index in [9.17, 15) is 13.2 Å². The standard InChI is InChI=1S/C19H19Cl3N2O4S/c1-28-16-8-7-13(20)10-17(16)29(26,27)24-9-3-4-12(11-24)19(25)23-15-6-2-5-14(21)18(15)22/h2,5-8,10,12H,3-4,9,11H2,1H3,(H,23,25)/t12-/m1/s1. The van der Waals surface area contributed by atoms with E-state index in [-0.39, 0.29) is 33.1 Å². The summed E-state index contributed by atoms with van der Waals surface area (Å²) in [6.07, 6.45) is 1.10. The number of carbonyl (C=O) groups excluding carboxylic acids is 1. The van der Waals surface area contributed by atoms with E-state index in [1.165, 1.54) is 23.5 Å². The Bertz CT molecular complexity index is 1030. The summed E-state index contributed by atoms with van der Waals surface area (Å²) in [4.78, 5) is 12.7. The first kappa shape index (κ1) is 22.2. The Labute approximate surface area is 184 Å². The maximum atomic E-state index is 13.2. The molecular formula is C19H19Cl3N2O4S. The number of amides is 1. The molecule has 29 heavy (non-hydrogen) atoms. The molecule has 2 aromatic carbocycles. The van der Waals surface area contributed by atoms with Crippen molar-refractivity contribution in [3.05, 3.63) is 51.5 Å². The van der Waals surface area contributed by atoms with Crippen LogP contribution in [0.15, 0.2) is 41.3 Å². The van der Waals surface area contributed by atoms with Crippen LogP contribution in [0.4, 0.5) is 5.69 Å². The van der Waals surface area contributed by atoms with Crippen molar-refractivity contribution >= 4 is 56.4 Å². The third-order valence-corrected chi connectivity index (χ3v) is 7.65. The van der Waals surface area contributed by atoms with E-state index in [0.29, 0.717) is 30.1 Å². The summed E-state index contributed by atoms with van der Waals surface area (Å²) in [5.74, 6) is -0.641. The molecule has 10 heteroatoms. The Morgan fingerprint density at radius 3 is 2.69 bits per heavy atom. The van der Waals surface area contributed by atoms with Crippen molar-refractivity contribution in [2.45, 2.75) is 17.7 Å². The predicted molar refractivity (Wildman–Crippen MR) is 115 cm³/mol. The number of rotatable bonds is 5. The number of carbonyl (C=O) groups is 1. The van der Waals surface area contributed by atoms with E-state index in [2.05, 4.69) is 5.32 Å². The Balaban J connectivity index is 1.80. The first-order chi connectivity index (χ1) is 13.7. The van der Waals surface area contributed by atoms with Crippen LogP contribution in [0.5, 0.6) is 5.75 Å². The monoisotopic (exact) mass is 476 g/mol. The fourth-order valence-electron chi connectivity index (χ4n) is 3.20.